The van der Waals surface area contributed by atoms with Crippen LogP contribution in [0, 0.1) is 11.8 Å². The van der Waals surface area contributed by atoms with E-state index in [-0.39, 0.29) is 12.3 Å². The molecule has 37 heavy (non-hydrogen) atoms. The van der Waals surface area contributed by atoms with E-state index >= 15 is 0 Å². The third-order valence-electron chi connectivity index (χ3n) is 6.36. The van der Waals surface area contributed by atoms with Gasteiger partial charge in [-0.05, 0) is 44.4 Å². The van der Waals surface area contributed by atoms with Gasteiger partial charge in [-0.3, -0.25) is 9.35 Å². The molecule has 0 aliphatic heterocycles. The van der Waals surface area contributed by atoms with Gasteiger partial charge in [0.15, 0.2) is 0 Å². The standard InChI is InChI=1S/C20H27F7O9S/c1-2-34-15(29)18(19(23,24)25,35-7-6-17(21,22)20(26,27)37(31,32)33)36-14(28)9-13-8-12-4-3-5-16(30,10-12)11-13/h12-13,30H,2-11H2,1H3,(H,31,32,33). The number of rotatable bonds is 11. The number of aliphatic hydroxyl groups is 1. The molecular weight excluding hydrogens is 549 g/mol. The maximum absolute atomic E-state index is 14.0. The number of carbonyl (C=O) groups is 2. The summed E-state index contributed by atoms with van der Waals surface area (Å²) in [6.07, 6.45) is -6.32. The molecule has 2 rings (SSSR count). The molecule has 2 fully saturated rings. The Bertz CT molecular complexity index is 956. The third-order valence-corrected chi connectivity index (χ3v) is 7.31. The molecule has 0 radical (unpaired) electrons. The van der Waals surface area contributed by atoms with Crippen molar-refractivity contribution in [3.05, 3.63) is 0 Å². The molecule has 4 unspecified atom stereocenters. The summed E-state index contributed by atoms with van der Waals surface area (Å²) in [5, 5.41) is 4.49. The number of carbonyl (C=O) groups excluding carboxylic acids is 2. The fraction of sp³-hybridized carbons (Fsp3) is 0.900. The number of esters is 2. The highest BCUT2D eigenvalue weighted by Crippen LogP contribution is 2.47. The summed E-state index contributed by atoms with van der Waals surface area (Å²) in [6, 6.07) is 0. The van der Waals surface area contributed by atoms with E-state index in [0.717, 1.165) is 19.8 Å². The molecule has 9 nitrogen and oxygen atoms in total. The van der Waals surface area contributed by atoms with Gasteiger partial charge in [0.1, 0.15) is 0 Å². The molecule has 2 aliphatic carbocycles. The van der Waals surface area contributed by atoms with Crippen molar-refractivity contribution in [3.63, 3.8) is 0 Å². The van der Waals surface area contributed by atoms with Gasteiger partial charge in [-0.1, -0.05) is 12.8 Å². The number of alkyl halides is 7. The summed E-state index contributed by atoms with van der Waals surface area (Å²) in [5.74, 6) is -15.0. The molecule has 0 heterocycles. The average Bonchev–Trinajstić information content (AvgIpc) is 2.70. The lowest BCUT2D eigenvalue weighted by atomic mass is 9.65. The molecule has 17 heteroatoms. The molecule has 2 saturated carbocycles. The Kier molecular flexibility index (Phi) is 9.20. The number of hydrogen-bond donors (Lipinski definition) is 2. The quantitative estimate of drug-likeness (QED) is 0.164. The minimum atomic E-state index is -6.68. The van der Waals surface area contributed by atoms with Crippen LogP contribution in [0.15, 0.2) is 0 Å². The van der Waals surface area contributed by atoms with Gasteiger partial charge in [-0.25, -0.2) is 4.79 Å². The van der Waals surface area contributed by atoms with Crippen molar-refractivity contribution < 1.29 is 72.6 Å². The van der Waals surface area contributed by atoms with Crippen LogP contribution in [0.25, 0.3) is 0 Å². The Hall–Kier alpha value is -1.72. The smallest absolute Gasteiger partial charge is 0.461 e. The van der Waals surface area contributed by atoms with Crippen LogP contribution in [0.5, 0.6) is 0 Å². The topological polar surface area (TPSA) is 136 Å². The van der Waals surface area contributed by atoms with Crippen LogP contribution in [0.3, 0.4) is 0 Å². The third kappa shape index (κ3) is 6.84. The lowest BCUT2D eigenvalue weighted by molar-refractivity contribution is -0.358. The van der Waals surface area contributed by atoms with Gasteiger partial charge in [0.25, 0.3) is 0 Å². The SMILES string of the molecule is CCOC(=O)C(OCCC(F)(F)C(F)(F)S(=O)(=O)O)(OC(=O)CC1CC2CCCC(O)(C2)C1)C(F)(F)F. The highest BCUT2D eigenvalue weighted by Gasteiger charge is 2.69. The second-order valence-electron chi connectivity index (χ2n) is 9.30. The number of fused-ring (bicyclic) bond motifs is 2. The van der Waals surface area contributed by atoms with E-state index in [1.54, 1.807) is 0 Å². The summed E-state index contributed by atoms with van der Waals surface area (Å²) in [5.41, 5.74) is -1.12. The Morgan fingerprint density at radius 1 is 1.08 bits per heavy atom. The van der Waals surface area contributed by atoms with E-state index in [4.69, 9.17) is 4.55 Å². The maximum atomic E-state index is 14.0. The zero-order valence-electron chi connectivity index (χ0n) is 19.5. The molecule has 0 spiro atoms. The minimum absolute atomic E-state index is 0.00526. The molecular formula is C20H27F7O9S. The predicted octanol–water partition coefficient (Wildman–Crippen LogP) is 3.60. The first-order valence-corrected chi connectivity index (χ1v) is 12.7. The van der Waals surface area contributed by atoms with Gasteiger partial charge < -0.3 is 19.3 Å². The van der Waals surface area contributed by atoms with E-state index in [9.17, 15) is 53.8 Å². The van der Waals surface area contributed by atoms with Crippen LogP contribution in [-0.2, 0) is 33.9 Å². The Balaban J connectivity index is 2.24. The van der Waals surface area contributed by atoms with Gasteiger partial charge in [0, 0.05) is 12.8 Å². The first-order chi connectivity index (χ1) is 16.7. The van der Waals surface area contributed by atoms with Crippen molar-refractivity contribution >= 4 is 22.1 Å². The molecule has 0 saturated heterocycles. The fourth-order valence-corrected chi connectivity index (χ4v) is 5.28. The molecule has 0 aromatic carbocycles. The van der Waals surface area contributed by atoms with Crippen LogP contribution in [0.1, 0.15) is 58.3 Å². The van der Waals surface area contributed by atoms with E-state index in [1.807, 2.05) is 0 Å². The van der Waals surface area contributed by atoms with Crippen LogP contribution in [0.2, 0.25) is 0 Å². The van der Waals surface area contributed by atoms with Gasteiger partial charge in [0.2, 0.25) is 0 Å². The van der Waals surface area contributed by atoms with Crippen molar-refractivity contribution in [3.8, 4) is 0 Å². The number of ether oxygens (including phenoxy) is 3. The summed E-state index contributed by atoms with van der Waals surface area (Å²) in [4.78, 5) is 24.7. The van der Waals surface area contributed by atoms with Crippen LogP contribution in [-0.4, -0.2) is 72.0 Å². The maximum Gasteiger partial charge on any atom is 0.468 e. The van der Waals surface area contributed by atoms with Crippen molar-refractivity contribution in [2.45, 2.75) is 87.0 Å². The van der Waals surface area contributed by atoms with Crippen molar-refractivity contribution in [2.75, 3.05) is 13.2 Å². The molecule has 2 N–H and O–H groups in total. The Morgan fingerprint density at radius 3 is 2.22 bits per heavy atom. The zero-order chi connectivity index (χ0) is 28.5. The Labute approximate surface area is 207 Å². The van der Waals surface area contributed by atoms with Crippen LogP contribution in [0.4, 0.5) is 30.7 Å². The fourth-order valence-electron chi connectivity index (χ4n) is 4.80. The Morgan fingerprint density at radius 2 is 1.70 bits per heavy atom. The second-order valence-corrected chi connectivity index (χ2v) is 10.8. The molecule has 216 valence electrons. The zero-order valence-corrected chi connectivity index (χ0v) is 20.3. The predicted molar refractivity (Wildman–Crippen MR) is 108 cm³/mol. The largest absolute Gasteiger partial charge is 0.468 e. The van der Waals surface area contributed by atoms with E-state index in [0.29, 0.717) is 19.3 Å². The summed E-state index contributed by atoms with van der Waals surface area (Å²) in [7, 11) is -6.68. The number of halogens is 7. The summed E-state index contributed by atoms with van der Waals surface area (Å²) >= 11 is 0. The first-order valence-electron chi connectivity index (χ1n) is 11.2. The highest BCUT2D eigenvalue weighted by atomic mass is 32.2. The van der Waals surface area contributed by atoms with Gasteiger partial charge in [0.05, 0.1) is 18.8 Å². The second kappa shape index (κ2) is 10.8. The average molecular weight is 576 g/mol. The molecule has 0 amide bonds. The van der Waals surface area contributed by atoms with Gasteiger partial charge >= 0.3 is 45.2 Å². The normalized spacial score (nSPS) is 26.8. The monoisotopic (exact) mass is 576 g/mol. The van der Waals surface area contributed by atoms with Crippen molar-refractivity contribution in [1.82, 2.24) is 0 Å². The van der Waals surface area contributed by atoms with Crippen molar-refractivity contribution in [2.24, 2.45) is 11.8 Å². The highest BCUT2D eigenvalue weighted by molar-refractivity contribution is 7.87. The van der Waals surface area contributed by atoms with Gasteiger partial charge in [-0.15, -0.1) is 0 Å². The number of hydrogen-bond acceptors (Lipinski definition) is 8. The summed E-state index contributed by atoms with van der Waals surface area (Å²) < 4.78 is 138. The molecule has 4 atom stereocenters. The lowest BCUT2D eigenvalue weighted by Gasteiger charge is -2.45. The van der Waals surface area contributed by atoms with Gasteiger partial charge in [-0.2, -0.15) is 39.2 Å². The first kappa shape index (κ1) is 31.5. The summed E-state index contributed by atoms with van der Waals surface area (Å²) in [6.45, 7) is -1.73. The lowest BCUT2D eigenvalue weighted by Crippen LogP contribution is -2.59. The van der Waals surface area contributed by atoms with Crippen molar-refractivity contribution in [1.29, 1.82) is 0 Å². The molecule has 0 aromatic rings. The van der Waals surface area contributed by atoms with E-state index < -0.39 is 82.8 Å². The van der Waals surface area contributed by atoms with Crippen LogP contribution >= 0.6 is 0 Å². The molecule has 0 aromatic heterocycles. The van der Waals surface area contributed by atoms with E-state index in [2.05, 4.69) is 14.2 Å². The minimum Gasteiger partial charge on any atom is -0.461 e. The molecule has 2 bridgehead atoms. The molecule has 2 aliphatic rings. The van der Waals surface area contributed by atoms with Crippen LogP contribution < -0.4 is 0 Å². The van der Waals surface area contributed by atoms with E-state index in [1.165, 1.54) is 0 Å².